The van der Waals surface area contributed by atoms with Crippen LogP contribution in [0.4, 0.5) is 0 Å². The van der Waals surface area contributed by atoms with Crippen LogP contribution in [0, 0.1) is 0 Å². The van der Waals surface area contributed by atoms with Crippen molar-refractivity contribution < 1.29 is 14.3 Å². The Morgan fingerprint density at radius 2 is 1.75 bits per heavy atom. The number of carbonyl (C=O) groups is 1. The van der Waals surface area contributed by atoms with E-state index in [1.165, 1.54) is 7.11 Å². The smallest absolute Gasteiger partial charge is 0.305 e. The quantitative estimate of drug-likeness (QED) is 0.259. The third-order valence-electron chi connectivity index (χ3n) is 2.76. The summed E-state index contributed by atoms with van der Waals surface area (Å²) in [4.78, 5) is 15.1. The molecule has 0 aliphatic carbocycles. The van der Waals surface area contributed by atoms with Gasteiger partial charge in [0.25, 0.3) is 0 Å². The number of hydrogen-bond acceptors (Lipinski definition) is 4. The lowest BCUT2D eigenvalue weighted by atomic mass is 10.2. The van der Waals surface area contributed by atoms with Crippen LogP contribution in [0.2, 0.25) is 0 Å². The SMILES string of the molecule is CCOCCCCNC(=NC)NCCCCC(=O)OC. The van der Waals surface area contributed by atoms with Gasteiger partial charge in [0.1, 0.15) is 0 Å². The first-order valence-corrected chi connectivity index (χ1v) is 7.33. The predicted molar refractivity (Wildman–Crippen MR) is 81.0 cm³/mol. The van der Waals surface area contributed by atoms with E-state index in [1.807, 2.05) is 6.92 Å². The molecule has 0 rings (SSSR count). The van der Waals surface area contributed by atoms with E-state index in [-0.39, 0.29) is 5.97 Å². The molecule has 0 aromatic rings. The minimum atomic E-state index is -0.151. The number of nitrogens with zero attached hydrogens (tertiary/aromatic N) is 1. The molecule has 0 bridgehead atoms. The van der Waals surface area contributed by atoms with Crippen molar-refractivity contribution in [2.24, 2.45) is 4.99 Å². The molecule has 0 spiro atoms. The van der Waals surface area contributed by atoms with Crippen LogP contribution in [0.1, 0.15) is 39.0 Å². The van der Waals surface area contributed by atoms with Crippen LogP contribution in [0.3, 0.4) is 0 Å². The second-order valence-electron chi connectivity index (χ2n) is 4.36. The Bertz CT molecular complexity index is 270. The van der Waals surface area contributed by atoms with Crippen LogP contribution in [0.5, 0.6) is 0 Å². The van der Waals surface area contributed by atoms with E-state index in [0.717, 1.165) is 57.9 Å². The summed E-state index contributed by atoms with van der Waals surface area (Å²) in [7, 11) is 3.17. The Kier molecular flexibility index (Phi) is 13.2. The molecule has 0 heterocycles. The van der Waals surface area contributed by atoms with E-state index in [4.69, 9.17) is 4.74 Å². The molecule has 20 heavy (non-hydrogen) atoms. The molecule has 6 heteroatoms. The highest BCUT2D eigenvalue weighted by atomic mass is 16.5. The molecule has 0 radical (unpaired) electrons. The number of esters is 1. The fourth-order valence-electron chi connectivity index (χ4n) is 1.60. The molecule has 0 fully saturated rings. The monoisotopic (exact) mass is 287 g/mol. The first kappa shape index (κ1) is 18.7. The molecule has 0 saturated carbocycles. The summed E-state index contributed by atoms with van der Waals surface area (Å²) in [6.07, 6.45) is 4.33. The standard InChI is InChI=1S/C14H29N3O3/c1-4-20-12-8-7-11-17-14(15-2)16-10-6-5-9-13(18)19-3/h4-12H2,1-3H3,(H2,15,16,17). The Morgan fingerprint density at radius 3 is 2.30 bits per heavy atom. The molecule has 0 aliphatic heterocycles. The molecule has 0 aromatic heterocycles. The van der Waals surface area contributed by atoms with Crippen LogP contribution >= 0.6 is 0 Å². The lowest BCUT2D eigenvalue weighted by Crippen LogP contribution is -2.38. The van der Waals surface area contributed by atoms with Gasteiger partial charge in [0.05, 0.1) is 7.11 Å². The van der Waals surface area contributed by atoms with Crippen molar-refractivity contribution in [2.45, 2.75) is 39.0 Å². The predicted octanol–water partition coefficient (Wildman–Crippen LogP) is 1.31. The van der Waals surface area contributed by atoms with Crippen LogP contribution in [-0.4, -0.2) is 52.4 Å². The maximum absolute atomic E-state index is 10.9. The second-order valence-corrected chi connectivity index (χ2v) is 4.36. The molecule has 0 unspecified atom stereocenters. The Hall–Kier alpha value is -1.30. The summed E-state index contributed by atoms with van der Waals surface area (Å²) < 4.78 is 9.86. The van der Waals surface area contributed by atoms with E-state index < -0.39 is 0 Å². The highest BCUT2D eigenvalue weighted by Crippen LogP contribution is 1.95. The lowest BCUT2D eigenvalue weighted by Gasteiger charge is -2.11. The number of rotatable bonds is 11. The van der Waals surface area contributed by atoms with Gasteiger partial charge in [0.15, 0.2) is 5.96 Å². The summed E-state index contributed by atoms with van der Waals surface area (Å²) in [5.41, 5.74) is 0. The molecular weight excluding hydrogens is 258 g/mol. The lowest BCUT2D eigenvalue weighted by molar-refractivity contribution is -0.140. The number of ether oxygens (including phenoxy) is 2. The molecule has 2 N–H and O–H groups in total. The average Bonchev–Trinajstić information content (AvgIpc) is 2.47. The fourth-order valence-corrected chi connectivity index (χ4v) is 1.60. The summed E-state index contributed by atoms with van der Waals surface area (Å²) in [6, 6.07) is 0. The van der Waals surface area contributed by atoms with Crippen molar-refractivity contribution in [1.82, 2.24) is 10.6 Å². The van der Waals surface area contributed by atoms with Gasteiger partial charge in [-0.3, -0.25) is 9.79 Å². The largest absolute Gasteiger partial charge is 0.469 e. The average molecular weight is 287 g/mol. The molecule has 118 valence electrons. The fraction of sp³-hybridized carbons (Fsp3) is 0.857. The minimum Gasteiger partial charge on any atom is -0.469 e. The van der Waals surface area contributed by atoms with Gasteiger partial charge in [-0.25, -0.2) is 0 Å². The maximum atomic E-state index is 10.9. The third-order valence-corrected chi connectivity index (χ3v) is 2.76. The van der Waals surface area contributed by atoms with Crippen LogP contribution in [0.25, 0.3) is 0 Å². The highest BCUT2D eigenvalue weighted by Gasteiger charge is 2.00. The Morgan fingerprint density at radius 1 is 1.10 bits per heavy atom. The number of guanidine groups is 1. The zero-order valence-corrected chi connectivity index (χ0v) is 13.0. The Balaban J connectivity index is 3.46. The van der Waals surface area contributed by atoms with E-state index in [1.54, 1.807) is 7.05 Å². The van der Waals surface area contributed by atoms with Gasteiger partial charge in [-0.1, -0.05) is 0 Å². The number of hydrogen-bond donors (Lipinski definition) is 2. The zero-order chi connectivity index (χ0) is 15.1. The van der Waals surface area contributed by atoms with Crippen molar-refractivity contribution in [3.63, 3.8) is 0 Å². The van der Waals surface area contributed by atoms with Crippen LogP contribution < -0.4 is 10.6 Å². The number of methoxy groups -OCH3 is 1. The van der Waals surface area contributed by atoms with Gasteiger partial charge in [0.2, 0.25) is 0 Å². The third kappa shape index (κ3) is 11.8. The van der Waals surface area contributed by atoms with E-state index in [2.05, 4.69) is 20.4 Å². The number of nitrogens with one attached hydrogen (secondary N) is 2. The number of aliphatic imine (C=N–C) groups is 1. The van der Waals surface area contributed by atoms with Gasteiger partial charge in [-0.15, -0.1) is 0 Å². The minimum absolute atomic E-state index is 0.151. The molecule has 6 nitrogen and oxygen atoms in total. The Labute approximate surface area is 122 Å². The number of unbranched alkanes of at least 4 members (excludes halogenated alkanes) is 2. The summed E-state index contributed by atoms with van der Waals surface area (Å²) in [6.45, 7) is 5.29. The van der Waals surface area contributed by atoms with E-state index in [9.17, 15) is 4.79 Å². The summed E-state index contributed by atoms with van der Waals surface area (Å²) >= 11 is 0. The van der Waals surface area contributed by atoms with Gasteiger partial charge in [-0.2, -0.15) is 0 Å². The molecule has 0 amide bonds. The first-order valence-electron chi connectivity index (χ1n) is 7.33. The van der Waals surface area contributed by atoms with Crippen molar-refractivity contribution in [3.05, 3.63) is 0 Å². The topological polar surface area (TPSA) is 72.0 Å². The second kappa shape index (κ2) is 14.1. The van der Waals surface area contributed by atoms with E-state index >= 15 is 0 Å². The van der Waals surface area contributed by atoms with Crippen LogP contribution in [0.15, 0.2) is 4.99 Å². The van der Waals surface area contributed by atoms with Crippen molar-refractivity contribution in [3.8, 4) is 0 Å². The van der Waals surface area contributed by atoms with Gasteiger partial charge in [0, 0.05) is 39.8 Å². The molecule has 0 aliphatic rings. The van der Waals surface area contributed by atoms with E-state index in [0.29, 0.717) is 6.42 Å². The van der Waals surface area contributed by atoms with Gasteiger partial charge < -0.3 is 20.1 Å². The van der Waals surface area contributed by atoms with Gasteiger partial charge >= 0.3 is 5.97 Å². The summed E-state index contributed by atoms with van der Waals surface area (Å²) in [5.74, 6) is 0.654. The number of carbonyl (C=O) groups excluding carboxylic acids is 1. The summed E-state index contributed by atoms with van der Waals surface area (Å²) in [5, 5.41) is 6.47. The van der Waals surface area contributed by atoms with Crippen molar-refractivity contribution in [1.29, 1.82) is 0 Å². The normalized spacial score (nSPS) is 11.2. The molecule has 0 saturated heterocycles. The molecular formula is C14H29N3O3. The van der Waals surface area contributed by atoms with Gasteiger partial charge in [-0.05, 0) is 32.6 Å². The zero-order valence-electron chi connectivity index (χ0n) is 13.0. The van der Waals surface area contributed by atoms with Crippen molar-refractivity contribution in [2.75, 3.05) is 40.5 Å². The molecule has 0 aromatic carbocycles. The molecule has 0 atom stereocenters. The maximum Gasteiger partial charge on any atom is 0.305 e. The first-order chi connectivity index (χ1) is 9.74. The highest BCUT2D eigenvalue weighted by molar-refractivity contribution is 5.79. The van der Waals surface area contributed by atoms with Crippen LogP contribution in [-0.2, 0) is 14.3 Å². The van der Waals surface area contributed by atoms with Crippen molar-refractivity contribution >= 4 is 11.9 Å².